The average molecular weight is 411 g/mol. The lowest BCUT2D eigenvalue weighted by Crippen LogP contribution is -2.29. The van der Waals surface area contributed by atoms with Crippen molar-refractivity contribution >= 4 is 28.2 Å². The van der Waals surface area contributed by atoms with Crippen LogP contribution in [0, 0.1) is 0 Å². The van der Waals surface area contributed by atoms with Gasteiger partial charge in [-0.25, -0.2) is 18.7 Å². The quantitative estimate of drug-likeness (QED) is 0.645. The average Bonchev–Trinajstić information content (AvgIpc) is 3.32. The Bertz CT molecular complexity index is 1160. The predicted molar refractivity (Wildman–Crippen MR) is 108 cm³/mol. The van der Waals surface area contributed by atoms with Gasteiger partial charge in [0.15, 0.2) is 0 Å². The molecule has 0 bridgehead atoms. The van der Waals surface area contributed by atoms with E-state index in [1.165, 1.54) is 11.0 Å². The number of rotatable bonds is 6. The zero-order valence-electron chi connectivity index (χ0n) is 15.1. The standard InChI is InChI=1S/C19H17N5O4S/c25-19-11-24(29(26,27)22-19)17-7-6-15(8-9-23-14-20-13-21-23)10-18(17)28-12-16-4-2-1-3-5-16/h1-11,13-14,22,25H,12H2. The Labute approximate surface area is 167 Å². The number of hydrogen-bond donors (Lipinski definition) is 2. The van der Waals surface area contributed by atoms with Crippen LogP contribution in [0.2, 0.25) is 0 Å². The summed E-state index contributed by atoms with van der Waals surface area (Å²) in [5.74, 6) is -0.125. The molecule has 148 valence electrons. The lowest BCUT2D eigenvalue weighted by atomic mass is 10.2. The molecule has 10 heteroatoms. The molecule has 1 aliphatic heterocycles. The van der Waals surface area contributed by atoms with E-state index in [1.807, 2.05) is 35.1 Å². The highest BCUT2D eigenvalue weighted by Gasteiger charge is 2.31. The molecule has 1 aliphatic rings. The molecule has 0 aliphatic carbocycles. The molecule has 0 unspecified atom stereocenters. The van der Waals surface area contributed by atoms with Crippen LogP contribution in [0.1, 0.15) is 11.1 Å². The van der Waals surface area contributed by atoms with Crippen LogP contribution in [0.25, 0.3) is 12.3 Å². The minimum Gasteiger partial charge on any atom is -0.493 e. The van der Waals surface area contributed by atoms with E-state index >= 15 is 0 Å². The van der Waals surface area contributed by atoms with E-state index < -0.39 is 16.1 Å². The van der Waals surface area contributed by atoms with Crippen LogP contribution in [0.5, 0.6) is 5.75 Å². The van der Waals surface area contributed by atoms with E-state index in [2.05, 4.69) is 10.1 Å². The third-order valence-corrected chi connectivity index (χ3v) is 5.33. The third kappa shape index (κ3) is 4.22. The van der Waals surface area contributed by atoms with Gasteiger partial charge in [-0.05, 0) is 29.3 Å². The van der Waals surface area contributed by atoms with Gasteiger partial charge in [-0.15, -0.1) is 0 Å². The Hall–Kier alpha value is -3.79. The largest absolute Gasteiger partial charge is 0.493 e. The zero-order chi connectivity index (χ0) is 20.3. The molecule has 0 saturated heterocycles. The first kappa shape index (κ1) is 18.6. The molecule has 1 aromatic heterocycles. The smallest absolute Gasteiger partial charge is 0.330 e. The second-order valence-electron chi connectivity index (χ2n) is 6.11. The van der Waals surface area contributed by atoms with Crippen LogP contribution < -0.4 is 13.8 Å². The lowest BCUT2D eigenvalue weighted by molar-refractivity contribution is 0.307. The third-order valence-electron chi connectivity index (χ3n) is 4.05. The fourth-order valence-corrected chi connectivity index (χ4v) is 3.78. The van der Waals surface area contributed by atoms with Crippen molar-refractivity contribution in [1.82, 2.24) is 19.5 Å². The van der Waals surface area contributed by atoms with Crippen LogP contribution in [0.3, 0.4) is 0 Å². The van der Waals surface area contributed by atoms with Crippen molar-refractivity contribution < 1.29 is 18.3 Å². The molecule has 29 heavy (non-hydrogen) atoms. The van der Waals surface area contributed by atoms with Gasteiger partial charge in [0, 0.05) is 6.20 Å². The van der Waals surface area contributed by atoms with E-state index in [4.69, 9.17) is 4.74 Å². The van der Waals surface area contributed by atoms with Gasteiger partial charge in [-0.2, -0.15) is 13.5 Å². The Morgan fingerprint density at radius 2 is 2.00 bits per heavy atom. The van der Waals surface area contributed by atoms with Gasteiger partial charge >= 0.3 is 10.2 Å². The summed E-state index contributed by atoms with van der Waals surface area (Å²) in [4.78, 5) is 3.87. The van der Waals surface area contributed by atoms with Gasteiger partial charge in [0.25, 0.3) is 0 Å². The molecule has 9 nitrogen and oxygen atoms in total. The van der Waals surface area contributed by atoms with Gasteiger partial charge in [0.05, 0.1) is 6.20 Å². The number of aliphatic hydroxyl groups is 1. The molecule has 0 spiro atoms. The molecule has 2 aromatic carbocycles. The van der Waals surface area contributed by atoms with Crippen LogP contribution in [-0.2, 0) is 16.8 Å². The van der Waals surface area contributed by atoms with Crippen LogP contribution >= 0.6 is 0 Å². The van der Waals surface area contributed by atoms with Gasteiger partial charge < -0.3 is 9.84 Å². The van der Waals surface area contributed by atoms with Crippen LogP contribution in [0.15, 0.2) is 73.3 Å². The van der Waals surface area contributed by atoms with Gasteiger partial charge in [-0.1, -0.05) is 36.4 Å². The van der Waals surface area contributed by atoms with Gasteiger partial charge in [0.2, 0.25) is 5.88 Å². The van der Waals surface area contributed by atoms with Crippen molar-refractivity contribution in [2.45, 2.75) is 6.61 Å². The highest BCUT2D eigenvalue weighted by molar-refractivity contribution is 7.91. The number of ether oxygens (including phenoxy) is 1. The van der Waals surface area contributed by atoms with Gasteiger partial charge in [-0.3, -0.25) is 0 Å². The molecular weight excluding hydrogens is 394 g/mol. The number of nitrogens with one attached hydrogen (secondary N) is 1. The van der Waals surface area contributed by atoms with Gasteiger partial charge in [0.1, 0.15) is 30.7 Å². The Kier molecular flexibility index (Phi) is 4.92. The maximum atomic E-state index is 12.3. The molecule has 0 radical (unpaired) electrons. The van der Waals surface area contributed by atoms with Crippen molar-refractivity contribution in [3.05, 3.63) is 84.4 Å². The number of anilines is 1. The maximum absolute atomic E-state index is 12.3. The molecule has 3 aromatic rings. The van der Waals surface area contributed by atoms with Crippen molar-refractivity contribution in [3.8, 4) is 5.75 Å². The summed E-state index contributed by atoms with van der Waals surface area (Å²) in [7, 11) is -3.94. The van der Waals surface area contributed by atoms with E-state index in [1.54, 1.807) is 36.8 Å². The second-order valence-corrected chi connectivity index (χ2v) is 7.66. The summed E-state index contributed by atoms with van der Waals surface area (Å²) < 4.78 is 35.0. The Morgan fingerprint density at radius 1 is 1.17 bits per heavy atom. The van der Waals surface area contributed by atoms with Crippen molar-refractivity contribution in [2.75, 3.05) is 4.31 Å². The first-order chi connectivity index (χ1) is 14.0. The number of aromatic nitrogens is 3. The summed E-state index contributed by atoms with van der Waals surface area (Å²) >= 11 is 0. The fraction of sp³-hybridized carbons (Fsp3) is 0.0526. The molecule has 0 fully saturated rings. The van der Waals surface area contributed by atoms with E-state index in [0.29, 0.717) is 5.75 Å². The summed E-state index contributed by atoms with van der Waals surface area (Å²) in [6.07, 6.45) is 7.56. The van der Waals surface area contributed by atoms with Crippen molar-refractivity contribution in [3.63, 3.8) is 0 Å². The predicted octanol–water partition coefficient (Wildman–Crippen LogP) is 2.50. The summed E-state index contributed by atoms with van der Waals surface area (Å²) in [6, 6.07) is 14.6. The van der Waals surface area contributed by atoms with Crippen molar-refractivity contribution in [1.29, 1.82) is 0 Å². The minimum absolute atomic E-state index is 0.251. The molecule has 0 saturated carbocycles. The highest BCUT2D eigenvalue weighted by Crippen LogP contribution is 2.34. The SMILES string of the molecule is O=S1(=O)NC(O)=CN1c1ccc(C=Cn2cncn2)cc1OCc1ccccc1. The summed E-state index contributed by atoms with van der Waals surface area (Å²) in [6.45, 7) is 0.251. The molecule has 4 rings (SSSR count). The van der Waals surface area contributed by atoms with Crippen LogP contribution in [-0.4, -0.2) is 28.3 Å². The highest BCUT2D eigenvalue weighted by atomic mass is 32.2. The molecule has 0 atom stereocenters. The summed E-state index contributed by atoms with van der Waals surface area (Å²) in [5.41, 5.74) is 1.98. The monoisotopic (exact) mass is 411 g/mol. The molecule has 0 amide bonds. The number of hydrogen-bond acceptors (Lipinski definition) is 6. The van der Waals surface area contributed by atoms with E-state index in [-0.39, 0.29) is 12.3 Å². The number of nitrogens with zero attached hydrogens (tertiary/aromatic N) is 4. The topological polar surface area (TPSA) is 110 Å². The molecule has 2 N–H and O–H groups in total. The second kappa shape index (κ2) is 7.68. The first-order valence-corrected chi connectivity index (χ1v) is 10.0. The number of aliphatic hydroxyl groups excluding tert-OH is 1. The van der Waals surface area contributed by atoms with E-state index in [0.717, 1.165) is 21.6 Å². The Balaban J connectivity index is 1.67. The lowest BCUT2D eigenvalue weighted by Gasteiger charge is -2.19. The Morgan fingerprint density at radius 3 is 2.69 bits per heavy atom. The minimum atomic E-state index is -3.94. The fourth-order valence-electron chi connectivity index (χ4n) is 2.71. The normalized spacial score (nSPS) is 15.3. The zero-order valence-corrected chi connectivity index (χ0v) is 15.9. The maximum Gasteiger partial charge on any atom is 0.330 e. The van der Waals surface area contributed by atoms with Crippen molar-refractivity contribution in [2.24, 2.45) is 0 Å². The van der Waals surface area contributed by atoms with Crippen LogP contribution in [0.4, 0.5) is 5.69 Å². The van der Waals surface area contributed by atoms with E-state index in [9.17, 15) is 13.5 Å². The summed E-state index contributed by atoms with van der Waals surface area (Å²) in [5, 5.41) is 13.6. The first-order valence-electron chi connectivity index (χ1n) is 8.57. The molecule has 2 heterocycles. The number of benzene rings is 2. The molecular formula is C19H17N5O4S.